The van der Waals surface area contributed by atoms with Crippen LogP contribution in [-0.4, -0.2) is 61.4 Å². The molecule has 1 aliphatic rings. The number of nitrogens with one attached hydrogen (secondary N) is 1. The molecule has 1 aromatic carbocycles. The quantitative estimate of drug-likeness (QED) is 0.443. The molecule has 9 heteroatoms. The number of guanidine groups is 1. The fraction of sp³-hybridized carbons (Fsp3) is 0.500. The molecule has 1 N–H and O–H groups in total. The number of aliphatic imine (C=N–C) groups is 1. The smallest absolute Gasteiger partial charge is 0.387 e. The third-order valence-corrected chi connectivity index (χ3v) is 4.14. The highest BCUT2D eigenvalue weighted by Crippen LogP contribution is 2.16. The van der Waals surface area contributed by atoms with Crippen LogP contribution in [-0.2, 0) is 16.1 Å². The Morgan fingerprint density at radius 1 is 1.26 bits per heavy atom. The number of likely N-dealkylation sites (tertiary alicyclic amines) is 1. The van der Waals surface area contributed by atoms with E-state index in [0.29, 0.717) is 44.9 Å². The molecule has 0 atom stereocenters. The van der Waals surface area contributed by atoms with Crippen LogP contribution in [0.15, 0.2) is 29.3 Å². The van der Waals surface area contributed by atoms with Crippen molar-refractivity contribution in [2.24, 2.45) is 4.99 Å². The molecule has 0 aliphatic carbocycles. The van der Waals surface area contributed by atoms with Crippen molar-refractivity contribution in [3.63, 3.8) is 0 Å². The van der Waals surface area contributed by atoms with E-state index in [-0.39, 0.29) is 17.6 Å². The number of amides is 2. The van der Waals surface area contributed by atoms with Crippen LogP contribution in [0, 0.1) is 0 Å². The number of ether oxygens (including phenoxy) is 1. The van der Waals surface area contributed by atoms with Crippen LogP contribution in [0.2, 0.25) is 0 Å². The van der Waals surface area contributed by atoms with E-state index in [0.717, 1.165) is 5.56 Å². The second-order valence-electron chi connectivity index (χ2n) is 6.15. The van der Waals surface area contributed by atoms with E-state index in [1.54, 1.807) is 19.2 Å². The molecule has 1 aromatic rings. The predicted molar refractivity (Wildman–Crippen MR) is 96.5 cm³/mol. The van der Waals surface area contributed by atoms with E-state index in [1.807, 2.05) is 11.9 Å². The summed E-state index contributed by atoms with van der Waals surface area (Å²) in [6.45, 7) is -1.66. The molecule has 1 heterocycles. The van der Waals surface area contributed by atoms with Gasteiger partial charge in [0.25, 0.3) is 0 Å². The maximum absolute atomic E-state index is 12.2. The number of alkyl halides is 2. The zero-order valence-corrected chi connectivity index (χ0v) is 15.5. The number of hydrogen-bond donors (Lipinski definition) is 1. The summed E-state index contributed by atoms with van der Waals surface area (Å²) in [5, 5.41) is 3.12. The highest BCUT2D eigenvalue weighted by Gasteiger charge is 2.25. The van der Waals surface area contributed by atoms with Gasteiger partial charge in [-0.15, -0.1) is 0 Å². The number of halogens is 2. The van der Waals surface area contributed by atoms with Crippen molar-refractivity contribution >= 4 is 17.8 Å². The molecule has 148 valence electrons. The van der Waals surface area contributed by atoms with Gasteiger partial charge in [-0.2, -0.15) is 8.78 Å². The van der Waals surface area contributed by atoms with E-state index in [1.165, 1.54) is 17.0 Å². The molecular weight excluding hydrogens is 358 g/mol. The summed E-state index contributed by atoms with van der Waals surface area (Å²) < 4.78 is 28.7. The molecule has 2 rings (SSSR count). The Kier molecular flexibility index (Phi) is 7.51. The molecule has 0 saturated carbocycles. The number of piperidine rings is 1. The number of rotatable bonds is 7. The van der Waals surface area contributed by atoms with Crippen molar-refractivity contribution in [3.05, 3.63) is 29.8 Å². The minimum atomic E-state index is -2.85. The van der Waals surface area contributed by atoms with Crippen LogP contribution in [0.3, 0.4) is 0 Å². The first-order valence-electron chi connectivity index (χ1n) is 8.69. The number of carbonyl (C=O) groups excluding carboxylic acids is 2. The van der Waals surface area contributed by atoms with Gasteiger partial charge in [0.2, 0.25) is 11.8 Å². The number of imide groups is 1. The number of benzene rings is 1. The highest BCUT2D eigenvalue weighted by molar-refractivity contribution is 5.97. The molecular formula is C18H24F2N4O3. The summed E-state index contributed by atoms with van der Waals surface area (Å²) in [5.41, 5.74) is 0.892. The standard InChI is InChI=1S/C18H24F2N4O3/c1-21-18(22-10-11-24-15(25)4-3-5-16(24)26)23(2)12-13-6-8-14(9-7-13)27-17(19)20/h6-9,17H,3-5,10-12H2,1-2H3,(H,21,22). The van der Waals surface area contributed by atoms with Crippen LogP contribution in [0.1, 0.15) is 24.8 Å². The van der Waals surface area contributed by atoms with Crippen molar-refractivity contribution in [3.8, 4) is 5.75 Å². The van der Waals surface area contributed by atoms with Crippen LogP contribution in [0.25, 0.3) is 0 Å². The van der Waals surface area contributed by atoms with Gasteiger partial charge in [0, 0.05) is 46.6 Å². The van der Waals surface area contributed by atoms with Gasteiger partial charge in [0.05, 0.1) is 0 Å². The SMILES string of the molecule is CN=C(NCCN1C(=O)CCCC1=O)N(C)Cc1ccc(OC(F)F)cc1. The lowest BCUT2D eigenvalue weighted by atomic mass is 10.1. The summed E-state index contributed by atoms with van der Waals surface area (Å²) in [4.78, 5) is 30.9. The fourth-order valence-corrected chi connectivity index (χ4v) is 2.84. The zero-order chi connectivity index (χ0) is 19.8. The van der Waals surface area contributed by atoms with Gasteiger partial charge >= 0.3 is 6.61 Å². The Morgan fingerprint density at radius 3 is 2.44 bits per heavy atom. The fourth-order valence-electron chi connectivity index (χ4n) is 2.84. The first-order chi connectivity index (χ1) is 12.9. The van der Waals surface area contributed by atoms with Gasteiger partial charge in [-0.05, 0) is 24.1 Å². The van der Waals surface area contributed by atoms with Crippen LogP contribution >= 0.6 is 0 Å². The Labute approximate surface area is 157 Å². The maximum atomic E-state index is 12.2. The lowest BCUT2D eigenvalue weighted by Gasteiger charge is -2.26. The number of nitrogens with zero attached hydrogens (tertiary/aromatic N) is 3. The van der Waals surface area contributed by atoms with E-state index < -0.39 is 6.61 Å². The van der Waals surface area contributed by atoms with Gasteiger partial charge in [0.15, 0.2) is 5.96 Å². The van der Waals surface area contributed by atoms with E-state index in [9.17, 15) is 18.4 Å². The Bertz CT molecular complexity index is 664. The summed E-state index contributed by atoms with van der Waals surface area (Å²) in [7, 11) is 3.46. The molecule has 7 nitrogen and oxygen atoms in total. The van der Waals surface area contributed by atoms with Crippen molar-refractivity contribution in [1.82, 2.24) is 15.1 Å². The molecule has 0 unspecified atom stereocenters. The average molecular weight is 382 g/mol. The third kappa shape index (κ3) is 6.19. The molecule has 2 amide bonds. The second-order valence-corrected chi connectivity index (χ2v) is 6.15. The lowest BCUT2D eigenvalue weighted by molar-refractivity contribution is -0.147. The summed E-state index contributed by atoms with van der Waals surface area (Å²) in [6, 6.07) is 6.37. The van der Waals surface area contributed by atoms with Gasteiger partial charge in [-0.3, -0.25) is 19.5 Å². The average Bonchev–Trinajstić information content (AvgIpc) is 2.62. The largest absolute Gasteiger partial charge is 0.435 e. The van der Waals surface area contributed by atoms with Gasteiger partial charge in [-0.1, -0.05) is 12.1 Å². The summed E-state index contributed by atoms with van der Waals surface area (Å²) in [5.74, 6) is 0.430. The third-order valence-electron chi connectivity index (χ3n) is 4.14. The van der Waals surface area contributed by atoms with Gasteiger partial charge in [-0.25, -0.2) is 0 Å². The number of carbonyl (C=O) groups is 2. The van der Waals surface area contributed by atoms with Crippen LogP contribution < -0.4 is 10.1 Å². The molecule has 1 saturated heterocycles. The molecule has 1 fully saturated rings. The minimum absolute atomic E-state index is 0.106. The van der Waals surface area contributed by atoms with Crippen molar-refractivity contribution in [2.75, 3.05) is 27.2 Å². The Morgan fingerprint density at radius 2 is 1.89 bits per heavy atom. The van der Waals surface area contributed by atoms with Crippen LogP contribution in [0.5, 0.6) is 5.75 Å². The monoisotopic (exact) mass is 382 g/mol. The molecule has 0 spiro atoms. The topological polar surface area (TPSA) is 74.2 Å². The molecule has 0 aromatic heterocycles. The van der Waals surface area contributed by atoms with E-state index >= 15 is 0 Å². The Hall–Kier alpha value is -2.71. The Balaban J connectivity index is 1.83. The minimum Gasteiger partial charge on any atom is -0.435 e. The maximum Gasteiger partial charge on any atom is 0.387 e. The number of hydrogen-bond acceptors (Lipinski definition) is 4. The van der Waals surface area contributed by atoms with E-state index in [2.05, 4.69) is 15.0 Å². The molecule has 0 bridgehead atoms. The second kappa shape index (κ2) is 9.84. The van der Waals surface area contributed by atoms with E-state index in [4.69, 9.17) is 0 Å². The highest BCUT2D eigenvalue weighted by atomic mass is 19.3. The van der Waals surface area contributed by atoms with Crippen molar-refractivity contribution in [2.45, 2.75) is 32.4 Å². The first-order valence-corrected chi connectivity index (χ1v) is 8.69. The summed E-state index contributed by atoms with van der Waals surface area (Å²) >= 11 is 0. The summed E-state index contributed by atoms with van der Waals surface area (Å²) in [6.07, 6.45) is 1.43. The molecule has 1 aliphatic heterocycles. The first kappa shape index (κ1) is 20.6. The van der Waals surface area contributed by atoms with Crippen molar-refractivity contribution < 1.29 is 23.1 Å². The lowest BCUT2D eigenvalue weighted by Crippen LogP contribution is -2.46. The zero-order valence-electron chi connectivity index (χ0n) is 15.5. The van der Waals surface area contributed by atoms with Gasteiger partial charge < -0.3 is 15.0 Å². The van der Waals surface area contributed by atoms with Gasteiger partial charge in [0.1, 0.15) is 5.75 Å². The molecule has 27 heavy (non-hydrogen) atoms. The predicted octanol–water partition coefficient (Wildman–Crippen LogP) is 1.83. The van der Waals surface area contributed by atoms with Crippen LogP contribution in [0.4, 0.5) is 8.78 Å². The van der Waals surface area contributed by atoms with Crippen molar-refractivity contribution in [1.29, 1.82) is 0 Å². The normalized spacial score (nSPS) is 15.3. The molecule has 0 radical (unpaired) electrons.